The van der Waals surface area contributed by atoms with E-state index in [-0.39, 0.29) is 5.82 Å². The van der Waals surface area contributed by atoms with Gasteiger partial charge in [0, 0.05) is 11.3 Å². The maximum atomic E-state index is 13.2. The minimum absolute atomic E-state index is 0.268. The summed E-state index contributed by atoms with van der Waals surface area (Å²) in [6.45, 7) is 5.70. The van der Waals surface area contributed by atoms with E-state index in [2.05, 4.69) is 22.0 Å². The van der Waals surface area contributed by atoms with Crippen LogP contribution in [0.3, 0.4) is 0 Å². The fourth-order valence-corrected chi connectivity index (χ4v) is 3.16. The molecule has 0 aliphatic heterocycles. The first kappa shape index (κ1) is 17.7. The standard InChI is InChI=1S/C23H18FN3O/c1-15-22(25-17(3)27(15)20-11-9-19(24)10-12-20)14-13-21-16(2)28-26-23(21)18-7-5-4-6-8-18/h4-12H,1-3H3. The highest BCUT2D eigenvalue weighted by Gasteiger charge is 2.14. The SMILES string of the molecule is Cc1onc(-c2ccccc2)c1C#Cc1nc(C)n(-c2ccc(F)cc2)c1C. The van der Waals surface area contributed by atoms with Crippen LogP contribution in [0.15, 0.2) is 59.1 Å². The molecule has 5 heteroatoms. The second-order valence-electron chi connectivity index (χ2n) is 6.48. The molecule has 28 heavy (non-hydrogen) atoms. The highest BCUT2D eigenvalue weighted by molar-refractivity contribution is 5.68. The van der Waals surface area contributed by atoms with Crippen molar-refractivity contribution >= 4 is 0 Å². The molecule has 4 aromatic rings. The van der Waals surface area contributed by atoms with Gasteiger partial charge in [-0.3, -0.25) is 4.57 Å². The summed E-state index contributed by atoms with van der Waals surface area (Å²) in [6.07, 6.45) is 0. The number of hydrogen-bond acceptors (Lipinski definition) is 3. The summed E-state index contributed by atoms with van der Waals surface area (Å²) in [4.78, 5) is 4.59. The molecule has 0 amide bonds. The molecule has 4 nitrogen and oxygen atoms in total. The van der Waals surface area contributed by atoms with Crippen LogP contribution in [0.5, 0.6) is 0 Å². The van der Waals surface area contributed by atoms with E-state index >= 15 is 0 Å². The Morgan fingerprint density at radius 3 is 2.36 bits per heavy atom. The van der Waals surface area contributed by atoms with Gasteiger partial charge in [-0.25, -0.2) is 9.37 Å². The highest BCUT2D eigenvalue weighted by Crippen LogP contribution is 2.24. The molecule has 0 aliphatic rings. The van der Waals surface area contributed by atoms with Crippen LogP contribution in [0.25, 0.3) is 16.9 Å². The predicted octanol–water partition coefficient (Wildman–Crippen LogP) is 4.99. The molecular formula is C23H18FN3O. The zero-order chi connectivity index (χ0) is 19.7. The Morgan fingerprint density at radius 1 is 0.929 bits per heavy atom. The van der Waals surface area contributed by atoms with Crippen molar-refractivity contribution in [1.29, 1.82) is 0 Å². The monoisotopic (exact) mass is 371 g/mol. The van der Waals surface area contributed by atoms with Crippen LogP contribution < -0.4 is 0 Å². The number of nitrogens with zero attached hydrogens (tertiary/aromatic N) is 3. The second kappa shape index (κ2) is 7.16. The predicted molar refractivity (Wildman–Crippen MR) is 106 cm³/mol. The van der Waals surface area contributed by atoms with Gasteiger partial charge >= 0.3 is 0 Å². The zero-order valence-electron chi connectivity index (χ0n) is 15.8. The number of halogens is 1. The summed E-state index contributed by atoms with van der Waals surface area (Å²) in [6, 6.07) is 16.1. The van der Waals surface area contributed by atoms with Gasteiger partial charge in [-0.2, -0.15) is 0 Å². The van der Waals surface area contributed by atoms with Crippen molar-refractivity contribution in [3.05, 3.63) is 89.0 Å². The van der Waals surface area contributed by atoms with Crippen molar-refractivity contribution in [1.82, 2.24) is 14.7 Å². The lowest BCUT2D eigenvalue weighted by atomic mass is 10.1. The van der Waals surface area contributed by atoms with E-state index in [1.165, 1.54) is 12.1 Å². The third-order valence-electron chi connectivity index (χ3n) is 4.58. The zero-order valence-corrected chi connectivity index (χ0v) is 15.8. The van der Waals surface area contributed by atoms with Gasteiger partial charge in [0.25, 0.3) is 0 Å². The lowest BCUT2D eigenvalue weighted by Crippen LogP contribution is -1.99. The van der Waals surface area contributed by atoms with Crippen molar-refractivity contribution in [3.63, 3.8) is 0 Å². The Hall–Kier alpha value is -3.65. The molecule has 0 atom stereocenters. The average molecular weight is 371 g/mol. The molecule has 0 saturated heterocycles. The molecule has 0 radical (unpaired) electrons. The van der Waals surface area contributed by atoms with E-state index in [1.807, 2.05) is 55.7 Å². The Balaban J connectivity index is 1.75. The summed E-state index contributed by atoms with van der Waals surface area (Å²) in [5.41, 5.74) is 4.84. The van der Waals surface area contributed by atoms with Gasteiger partial charge in [0.05, 0.1) is 11.3 Å². The molecule has 0 saturated carbocycles. The van der Waals surface area contributed by atoms with Gasteiger partial charge in [-0.1, -0.05) is 41.4 Å². The van der Waals surface area contributed by atoms with E-state index in [4.69, 9.17) is 4.52 Å². The van der Waals surface area contributed by atoms with Gasteiger partial charge in [0.15, 0.2) is 0 Å². The topological polar surface area (TPSA) is 43.9 Å². The van der Waals surface area contributed by atoms with E-state index < -0.39 is 0 Å². The molecule has 138 valence electrons. The number of aryl methyl sites for hydroxylation is 2. The first-order chi connectivity index (χ1) is 13.5. The molecule has 0 fully saturated rings. The van der Waals surface area contributed by atoms with Gasteiger partial charge in [-0.15, -0.1) is 0 Å². The highest BCUT2D eigenvalue weighted by atomic mass is 19.1. The maximum Gasteiger partial charge on any atom is 0.149 e. The van der Waals surface area contributed by atoms with Gasteiger partial charge in [0.1, 0.15) is 28.8 Å². The molecule has 2 aromatic carbocycles. The Labute approximate surface area is 162 Å². The number of aromatic nitrogens is 3. The molecule has 0 N–H and O–H groups in total. The van der Waals surface area contributed by atoms with Crippen LogP contribution in [0, 0.1) is 38.4 Å². The number of hydrogen-bond donors (Lipinski definition) is 0. The molecule has 0 spiro atoms. The minimum atomic E-state index is -0.268. The Kier molecular flexibility index (Phi) is 4.54. The Morgan fingerprint density at radius 2 is 1.64 bits per heavy atom. The third kappa shape index (κ3) is 3.21. The number of benzene rings is 2. The van der Waals surface area contributed by atoms with Crippen LogP contribution in [-0.2, 0) is 0 Å². The Bertz CT molecular complexity index is 1190. The first-order valence-corrected chi connectivity index (χ1v) is 8.90. The van der Waals surface area contributed by atoms with E-state index in [0.29, 0.717) is 11.5 Å². The lowest BCUT2D eigenvalue weighted by molar-refractivity contribution is 0.399. The molecule has 0 aliphatic carbocycles. The molecule has 2 heterocycles. The average Bonchev–Trinajstić information content (AvgIpc) is 3.20. The fraction of sp³-hybridized carbons (Fsp3) is 0.130. The smallest absolute Gasteiger partial charge is 0.149 e. The van der Waals surface area contributed by atoms with Crippen LogP contribution in [0.4, 0.5) is 4.39 Å². The summed E-state index contributed by atoms with van der Waals surface area (Å²) in [7, 11) is 0. The van der Waals surface area contributed by atoms with Crippen LogP contribution in [-0.4, -0.2) is 14.7 Å². The van der Waals surface area contributed by atoms with Crippen molar-refractivity contribution in [2.75, 3.05) is 0 Å². The summed E-state index contributed by atoms with van der Waals surface area (Å²) in [5, 5.41) is 4.16. The molecule has 0 bridgehead atoms. The first-order valence-electron chi connectivity index (χ1n) is 8.90. The van der Waals surface area contributed by atoms with Gasteiger partial charge in [-0.05, 0) is 51.0 Å². The summed E-state index contributed by atoms with van der Waals surface area (Å²) < 4.78 is 20.6. The second-order valence-corrected chi connectivity index (χ2v) is 6.48. The van der Waals surface area contributed by atoms with Gasteiger partial charge < -0.3 is 4.52 Å². The van der Waals surface area contributed by atoms with Crippen molar-refractivity contribution < 1.29 is 8.91 Å². The molecular weight excluding hydrogens is 353 g/mol. The van der Waals surface area contributed by atoms with Crippen LogP contribution >= 0.6 is 0 Å². The van der Waals surface area contributed by atoms with E-state index in [0.717, 1.165) is 34.0 Å². The van der Waals surface area contributed by atoms with Crippen molar-refractivity contribution in [3.8, 4) is 28.8 Å². The third-order valence-corrected chi connectivity index (χ3v) is 4.58. The largest absolute Gasteiger partial charge is 0.360 e. The van der Waals surface area contributed by atoms with E-state index in [9.17, 15) is 4.39 Å². The fourth-order valence-electron chi connectivity index (χ4n) is 3.16. The van der Waals surface area contributed by atoms with Crippen molar-refractivity contribution in [2.45, 2.75) is 20.8 Å². The lowest BCUT2D eigenvalue weighted by Gasteiger charge is -2.07. The molecule has 4 rings (SSSR count). The maximum absolute atomic E-state index is 13.2. The van der Waals surface area contributed by atoms with Crippen molar-refractivity contribution in [2.24, 2.45) is 0 Å². The quantitative estimate of drug-likeness (QED) is 0.466. The van der Waals surface area contributed by atoms with Crippen LogP contribution in [0.1, 0.15) is 28.5 Å². The minimum Gasteiger partial charge on any atom is -0.360 e. The molecule has 0 unspecified atom stereocenters. The number of imidazole rings is 1. The normalized spacial score (nSPS) is 10.6. The van der Waals surface area contributed by atoms with Gasteiger partial charge in [0.2, 0.25) is 0 Å². The summed E-state index contributed by atoms with van der Waals surface area (Å²) in [5.74, 6) is 7.52. The number of rotatable bonds is 2. The van der Waals surface area contributed by atoms with E-state index in [1.54, 1.807) is 12.1 Å². The summed E-state index contributed by atoms with van der Waals surface area (Å²) >= 11 is 0. The van der Waals surface area contributed by atoms with Crippen LogP contribution in [0.2, 0.25) is 0 Å². The molecule has 2 aromatic heterocycles.